The molecule has 0 aliphatic rings. The van der Waals surface area contributed by atoms with Gasteiger partial charge in [-0.2, -0.15) is 0 Å². The third-order valence-electron chi connectivity index (χ3n) is 3.11. The molecule has 6 nitrogen and oxygen atoms in total. The standard InChI is InChI=1S/C9H10NO2Se.C7H8O3S/c1-11-9-10(12-2)7-5-3-4-6-8(7)13-9;1-6-2-4-7(5-3-6)11(8,9)10/h3-6H,1-2H3;2-5H,1H3,(H,8,9,10)/q+1;/p-1. The number of hydrogen-bond donors (Lipinski definition) is 0. The second-order valence-corrected chi connectivity index (χ2v) is 8.25. The van der Waals surface area contributed by atoms with E-state index in [1.807, 2.05) is 25.1 Å². The first-order valence-electron chi connectivity index (χ1n) is 6.91. The van der Waals surface area contributed by atoms with Crippen molar-refractivity contribution < 1.29 is 27.3 Å². The molecule has 0 bridgehead atoms. The fourth-order valence-electron chi connectivity index (χ4n) is 1.95. The van der Waals surface area contributed by atoms with Gasteiger partial charge >= 0.3 is 81.8 Å². The largest absolute Gasteiger partial charge is 0.744 e. The Labute approximate surface area is 146 Å². The summed E-state index contributed by atoms with van der Waals surface area (Å²) in [6.07, 6.45) is 0. The SMILES string of the molecule is COc1[se]c2ccccc2[n+]1OC.Cc1ccc(S(=O)(=O)[O-])cc1. The van der Waals surface area contributed by atoms with Crippen LogP contribution in [0.4, 0.5) is 0 Å². The van der Waals surface area contributed by atoms with Gasteiger partial charge in [0.15, 0.2) is 0 Å². The van der Waals surface area contributed by atoms with Crippen LogP contribution in [0.15, 0.2) is 53.4 Å². The van der Waals surface area contributed by atoms with Crippen LogP contribution >= 0.6 is 0 Å². The number of nitrogens with zero attached hydrogens (tertiary/aromatic N) is 1. The van der Waals surface area contributed by atoms with Crippen molar-refractivity contribution in [2.24, 2.45) is 0 Å². The summed E-state index contributed by atoms with van der Waals surface area (Å²) in [5.41, 5.74) is 2.03. The summed E-state index contributed by atoms with van der Waals surface area (Å²) < 4.78 is 40.4. The van der Waals surface area contributed by atoms with Crippen LogP contribution in [-0.4, -0.2) is 41.7 Å². The summed E-state index contributed by atoms with van der Waals surface area (Å²) >= 11 is 0.237. The van der Waals surface area contributed by atoms with Crippen LogP contribution in [-0.2, 0) is 10.1 Å². The van der Waals surface area contributed by atoms with Gasteiger partial charge < -0.3 is 4.55 Å². The minimum absolute atomic E-state index is 0.178. The molecule has 0 N–H and O–H groups in total. The van der Waals surface area contributed by atoms with E-state index in [1.54, 1.807) is 31.1 Å². The monoisotopic (exact) mass is 415 g/mol. The fraction of sp³-hybridized carbons (Fsp3) is 0.188. The van der Waals surface area contributed by atoms with Gasteiger partial charge in [0, 0.05) is 0 Å². The molecule has 3 aromatic rings. The Bertz CT molecular complexity index is 919. The van der Waals surface area contributed by atoms with E-state index in [-0.39, 0.29) is 19.4 Å². The second kappa shape index (κ2) is 7.81. The zero-order chi connectivity index (χ0) is 17.7. The van der Waals surface area contributed by atoms with E-state index in [4.69, 9.17) is 9.57 Å². The molecule has 0 atom stereocenters. The molecule has 0 amide bonds. The van der Waals surface area contributed by atoms with Gasteiger partial charge in [0.25, 0.3) is 0 Å². The predicted molar refractivity (Wildman–Crippen MR) is 89.3 cm³/mol. The number of para-hydroxylation sites is 1. The Morgan fingerprint density at radius 3 is 2.21 bits per heavy atom. The molecule has 0 fully saturated rings. The van der Waals surface area contributed by atoms with Crippen LogP contribution in [0, 0.1) is 6.92 Å². The Morgan fingerprint density at radius 2 is 1.67 bits per heavy atom. The van der Waals surface area contributed by atoms with Gasteiger partial charge in [-0.15, -0.1) is 0 Å². The van der Waals surface area contributed by atoms with Crippen LogP contribution in [0.3, 0.4) is 0 Å². The van der Waals surface area contributed by atoms with E-state index in [1.165, 1.54) is 16.4 Å². The molecule has 0 saturated carbocycles. The summed E-state index contributed by atoms with van der Waals surface area (Å²) in [5.74, 6) is 0. The molecule has 24 heavy (non-hydrogen) atoms. The van der Waals surface area contributed by atoms with Crippen LogP contribution in [0.25, 0.3) is 9.78 Å². The van der Waals surface area contributed by atoms with Crippen molar-refractivity contribution in [2.75, 3.05) is 14.2 Å². The molecule has 2 aromatic carbocycles. The second-order valence-electron chi connectivity index (χ2n) is 4.78. The number of benzene rings is 2. The molecule has 1 aromatic heterocycles. The van der Waals surface area contributed by atoms with E-state index >= 15 is 0 Å². The first-order chi connectivity index (χ1) is 11.4. The van der Waals surface area contributed by atoms with E-state index in [2.05, 4.69) is 6.07 Å². The van der Waals surface area contributed by atoms with Gasteiger partial charge in [-0.25, -0.2) is 8.42 Å². The van der Waals surface area contributed by atoms with Gasteiger partial charge in [0.2, 0.25) is 0 Å². The third-order valence-corrected chi connectivity index (χ3v) is 6.21. The molecule has 3 rings (SSSR count). The van der Waals surface area contributed by atoms with E-state index < -0.39 is 10.1 Å². The van der Waals surface area contributed by atoms with E-state index in [0.29, 0.717) is 0 Å². The van der Waals surface area contributed by atoms with Gasteiger partial charge in [-0.05, 0) is 19.1 Å². The smallest absolute Gasteiger partial charge is 0.124 e. The van der Waals surface area contributed by atoms with Crippen molar-refractivity contribution in [3.8, 4) is 4.75 Å². The van der Waals surface area contributed by atoms with Crippen LogP contribution in [0.2, 0.25) is 0 Å². The van der Waals surface area contributed by atoms with Gasteiger partial charge in [0.05, 0.1) is 4.90 Å². The van der Waals surface area contributed by atoms with Gasteiger partial charge in [0.1, 0.15) is 10.1 Å². The topological polar surface area (TPSA) is 79.5 Å². The third kappa shape index (κ3) is 4.36. The van der Waals surface area contributed by atoms with Gasteiger partial charge in [-0.1, -0.05) is 17.7 Å². The Kier molecular flexibility index (Phi) is 6.01. The molecular weight excluding hydrogens is 397 g/mol. The molecule has 0 saturated heterocycles. The van der Waals surface area contributed by atoms with E-state index in [9.17, 15) is 13.0 Å². The Morgan fingerprint density at radius 1 is 1.04 bits per heavy atom. The van der Waals surface area contributed by atoms with Crippen molar-refractivity contribution >= 4 is 34.4 Å². The summed E-state index contributed by atoms with van der Waals surface area (Å²) in [4.78, 5) is 5.05. The first-order valence-corrected chi connectivity index (χ1v) is 10.0. The molecule has 0 spiro atoms. The average Bonchev–Trinajstić information content (AvgIpc) is 2.92. The maximum atomic E-state index is 10.4. The molecule has 0 aliphatic carbocycles. The summed E-state index contributed by atoms with van der Waals surface area (Å²) in [6, 6.07) is 14.0. The number of rotatable bonds is 3. The fourth-order valence-corrected chi connectivity index (χ4v) is 4.37. The number of methoxy groups -OCH3 is 1. The molecule has 0 aliphatic heterocycles. The average molecular weight is 414 g/mol. The quantitative estimate of drug-likeness (QED) is 0.365. The predicted octanol–water partition coefficient (Wildman–Crippen LogP) is 1.15. The summed E-state index contributed by atoms with van der Waals surface area (Å²) in [7, 11) is -0.944. The summed E-state index contributed by atoms with van der Waals surface area (Å²) in [6.45, 7) is 1.82. The zero-order valence-electron chi connectivity index (χ0n) is 13.4. The van der Waals surface area contributed by atoms with Crippen molar-refractivity contribution in [2.45, 2.75) is 11.8 Å². The maximum Gasteiger partial charge on any atom is 0.124 e. The van der Waals surface area contributed by atoms with Crippen LogP contribution in [0.5, 0.6) is 4.75 Å². The zero-order valence-corrected chi connectivity index (χ0v) is 16.0. The molecule has 0 radical (unpaired) electrons. The minimum atomic E-state index is -4.27. The Balaban J connectivity index is 0.000000177. The normalized spacial score (nSPS) is 10.8. The minimum Gasteiger partial charge on any atom is -0.744 e. The van der Waals surface area contributed by atoms with Crippen molar-refractivity contribution in [1.29, 1.82) is 0 Å². The van der Waals surface area contributed by atoms with Crippen molar-refractivity contribution in [3.05, 3.63) is 54.1 Å². The van der Waals surface area contributed by atoms with Crippen LogP contribution in [0.1, 0.15) is 5.56 Å². The Hall–Kier alpha value is -1.86. The number of fused-ring (bicyclic) bond motifs is 1. The molecule has 128 valence electrons. The first kappa shape index (κ1) is 18.5. The van der Waals surface area contributed by atoms with Crippen molar-refractivity contribution in [3.63, 3.8) is 0 Å². The number of aromatic nitrogens is 1. The number of ether oxygens (including phenoxy) is 1. The van der Waals surface area contributed by atoms with Gasteiger partial charge in [-0.3, -0.25) is 0 Å². The van der Waals surface area contributed by atoms with Crippen molar-refractivity contribution in [1.82, 2.24) is 0 Å². The summed E-state index contributed by atoms with van der Waals surface area (Å²) in [5, 5.41) is 0. The molecule has 0 unspecified atom stereocenters. The number of aryl methyl sites for hydroxylation is 1. The maximum absolute atomic E-state index is 10.4. The van der Waals surface area contributed by atoms with E-state index in [0.717, 1.165) is 15.8 Å². The van der Waals surface area contributed by atoms with Crippen LogP contribution < -0.4 is 14.3 Å². The molecule has 8 heteroatoms. The molecular formula is C16H17NO5SSe. The number of hydrogen-bond acceptors (Lipinski definition) is 5. The molecule has 1 heterocycles.